The van der Waals surface area contributed by atoms with Crippen LogP contribution in [0.4, 0.5) is 18.9 Å². The molecule has 1 aromatic carbocycles. The van der Waals surface area contributed by atoms with Gasteiger partial charge >= 0.3 is 12.1 Å². The van der Waals surface area contributed by atoms with Crippen molar-refractivity contribution in [1.29, 1.82) is 0 Å². The second-order valence-corrected chi connectivity index (χ2v) is 6.50. The van der Waals surface area contributed by atoms with Gasteiger partial charge in [-0.1, -0.05) is 18.3 Å². The van der Waals surface area contributed by atoms with Crippen LogP contribution < -0.4 is 11.1 Å². The van der Waals surface area contributed by atoms with Crippen molar-refractivity contribution in [2.24, 2.45) is 5.73 Å². The number of nitrogens with two attached hydrogens (primary N) is 1. The fourth-order valence-corrected chi connectivity index (χ4v) is 2.09. The molecule has 0 spiro atoms. The van der Waals surface area contributed by atoms with Crippen molar-refractivity contribution in [3.05, 3.63) is 41.1 Å². The van der Waals surface area contributed by atoms with Gasteiger partial charge in [0, 0.05) is 11.4 Å². The number of thiocarbonyl (C=S) groups is 1. The molecule has 1 aromatic rings. The number of ether oxygens (including phenoxy) is 1. The molecule has 0 heterocycles. The molecule has 1 rings (SSSR count). The van der Waals surface area contributed by atoms with E-state index in [1.165, 1.54) is 19.1 Å². The van der Waals surface area contributed by atoms with E-state index >= 15 is 0 Å². The number of carbonyl (C=O) groups is 1. The first-order valence-corrected chi connectivity index (χ1v) is 7.40. The maximum absolute atomic E-state index is 12.7. The van der Waals surface area contributed by atoms with E-state index in [1.807, 2.05) is 0 Å². The Hall–Kier alpha value is -2.09. The molecule has 0 bridgehead atoms. The molecule has 0 aliphatic heterocycles. The van der Waals surface area contributed by atoms with Crippen molar-refractivity contribution in [2.45, 2.75) is 39.5 Å². The minimum Gasteiger partial charge on any atom is -0.456 e. The van der Waals surface area contributed by atoms with Crippen LogP contribution in [0.1, 0.15) is 33.3 Å². The van der Waals surface area contributed by atoms with Crippen molar-refractivity contribution < 1.29 is 22.7 Å². The Kier molecular flexibility index (Phi) is 5.99. The Morgan fingerprint density at radius 2 is 1.83 bits per heavy atom. The topological polar surface area (TPSA) is 64.4 Å². The Morgan fingerprint density at radius 1 is 1.25 bits per heavy atom. The summed E-state index contributed by atoms with van der Waals surface area (Å²) < 4.78 is 43.4. The van der Waals surface area contributed by atoms with Crippen molar-refractivity contribution in [1.82, 2.24) is 0 Å². The third-order valence-electron chi connectivity index (χ3n) is 2.67. The lowest BCUT2D eigenvalue weighted by Gasteiger charge is -2.21. The molecule has 132 valence electrons. The van der Waals surface area contributed by atoms with Crippen molar-refractivity contribution in [2.75, 3.05) is 5.32 Å². The van der Waals surface area contributed by atoms with Crippen LogP contribution >= 0.6 is 12.2 Å². The third-order valence-corrected chi connectivity index (χ3v) is 2.98. The maximum atomic E-state index is 12.7. The molecule has 8 heteroatoms. The number of hydrogen-bond acceptors (Lipinski definition) is 4. The van der Waals surface area contributed by atoms with Gasteiger partial charge in [-0.05, 0) is 45.9 Å². The maximum Gasteiger partial charge on any atom is 0.416 e. The number of esters is 1. The fourth-order valence-electron chi connectivity index (χ4n) is 1.73. The number of carbonyl (C=O) groups excluding carboxylic acids is 1. The number of anilines is 1. The molecule has 0 aliphatic rings. The standard InChI is InChI=1S/C16H19F3N2O2S/c1-9(20)12(14(22)23-15(2,3)4)13(24)21-11-7-5-6-10(8-11)16(17,18)19/h5-8H,20H2,1-4H3,(H,21,24)/b12-9+. The summed E-state index contributed by atoms with van der Waals surface area (Å²) in [6.07, 6.45) is -4.48. The molecule has 24 heavy (non-hydrogen) atoms. The molecular weight excluding hydrogens is 341 g/mol. The lowest BCUT2D eigenvalue weighted by Crippen LogP contribution is -2.30. The first-order valence-electron chi connectivity index (χ1n) is 6.99. The summed E-state index contributed by atoms with van der Waals surface area (Å²) in [5.41, 5.74) is 4.20. The molecule has 0 unspecified atom stereocenters. The van der Waals surface area contributed by atoms with Gasteiger partial charge in [-0.15, -0.1) is 0 Å². The molecule has 4 nitrogen and oxygen atoms in total. The number of nitrogens with one attached hydrogen (secondary N) is 1. The van der Waals surface area contributed by atoms with Gasteiger partial charge in [0.25, 0.3) is 0 Å². The SMILES string of the molecule is C/C(N)=C(\C(=O)OC(C)(C)C)C(=S)Nc1cccc(C(F)(F)F)c1. The van der Waals surface area contributed by atoms with Crippen LogP contribution in [0, 0.1) is 0 Å². The van der Waals surface area contributed by atoms with Crippen LogP contribution in [-0.4, -0.2) is 16.6 Å². The van der Waals surface area contributed by atoms with E-state index in [0.717, 1.165) is 12.1 Å². The summed E-state index contributed by atoms with van der Waals surface area (Å²) in [5.74, 6) is -0.744. The van der Waals surface area contributed by atoms with Gasteiger partial charge in [-0.3, -0.25) is 0 Å². The summed E-state index contributed by atoms with van der Waals surface area (Å²) in [4.78, 5) is 12.1. The summed E-state index contributed by atoms with van der Waals surface area (Å²) in [5, 5.41) is 2.60. The van der Waals surface area contributed by atoms with E-state index in [-0.39, 0.29) is 21.9 Å². The second-order valence-electron chi connectivity index (χ2n) is 6.09. The van der Waals surface area contributed by atoms with Crippen LogP contribution in [-0.2, 0) is 15.7 Å². The second kappa shape index (κ2) is 7.21. The molecule has 0 amide bonds. The quantitative estimate of drug-likeness (QED) is 0.484. The summed E-state index contributed by atoms with van der Waals surface area (Å²) in [6, 6.07) is 4.47. The largest absolute Gasteiger partial charge is 0.456 e. The first-order chi connectivity index (χ1) is 10.8. The first kappa shape index (κ1) is 20.0. The van der Waals surface area contributed by atoms with Gasteiger partial charge < -0.3 is 15.8 Å². The lowest BCUT2D eigenvalue weighted by atomic mass is 10.1. The van der Waals surface area contributed by atoms with Gasteiger partial charge in [0.1, 0.15) is 16.2 Å². The Labute approximate surface area is 143 Å². The highest BCUT2D eigenvalue weighted by atomic mass is 32.1. The predicted molar refractivity (Wildman–Crippen MR) is 90.4 cm³/mol. The minimum absolute atomic E-state index is 0.0858. The lowest BCUT2D eigenvalue weighted by molar-refractivity contribution is -0.149. The summed E-state index contributed by atoms with van der Waals surface area (Å²) >= 11 is 5.10. The summed E-state index contributed by atoms with van der Waals surface area (Å²) in [7, 11) is 0. The molecule has 0 aliphatic carbocycles. The van der Waals surface area contributed by atoms with E-state index < -0.39 is 23.3 Å². The highest BCUT2D eigenvalue weighted by molar-refractivity contribution is 7.81. The Balaban J connectivity index is 3.04. The minimum atomic E-state index is -4.48. The number of allylic oxidation sites excluding steroid dienone is 1. The normalized spacial score (nSPS) is 13.1. The molecule has 0 atom stereocenters. The van der Waals surface area contributed by atoms with Crippen LogP contribution in [0.3, 0.4) is 0 Å². The number of halogens is 3. The van der Waals surface area contributed by atoms with E-state index in [2.05, 4.69) is 5.32 Å². The van der Waals surface area contributed by atoms with Crippen LogP contribution in [0.2, 0.25) is 0 Å². The number of benzene rings is 1. The van der Waals surface area contributed by atoms with E-state index in [4.69, 9.17) is 22.7 Å². The van der Waals surface area contributed by atoms with Crippen LogP contribution in [0.15, 0.2) is 35.5 Å². The van der Waals surface area contributed by atoms with Gasteiger partial charge in [-0.25, -0.2) is 4.79 Å². The average molecular weight is 360 g/mol. The number of hydrogen-bond donors (Lipinski definition) is 2. The molecule has 0 fully saturated rings. The molecule has 3 N–H and O–H groups in total. The van der Waals surface area contributed by atoms with Crippen LogP contribution in [0.25, 0.3) is 0 Å². The molecule has 0 radical (unpaired) electrons. The van der Waals surface area contributed by atoms with Crippen molar-refractivity contribution >= 4 is 28.9 Å². The van der Waals surface area contributed by atoms with Crippen LogP contribution in [0.5, 0.6) is 0 Å². The van der Waals surface area contributed by atoms with Crippen molar-refractivity contribution in [3.8, 4) is 0 Å². The van der Waals surface area contributed by atoms with Gasteiger partial charge in [-0.2, -0.15) is 13.2 Å². The highest BCUT2D eigenvalue weighted by Gasteiger charge is 2.30. The monoisotopic (exact) mass is 360 g/mol. The molecule has 0 saturated carbocycles. The van der Waals surface area contributed by atoms with E-state index in [1.54, 1.807) is 20.8 Å². The van der Waals surface area contributed by atoms with Gasteiger partial charge in [0.05, 0.1) is 5.56 Å². The average Bonchev–Trinajstić information content (AvgIpc) is 2.35. The van der Waals surface area contributed by atoms with Gasteiger partial charge in [0.2, 0.25) is 0 Å². The van der Waals surface area contributed by atoms with Gasteiger partial charge in [0.15, 0.2) is 0 Å². The zero-order chi connectivity index (χ0) is 18.7. The molecular formula is C16H19F3N2O2S. The zero-order valence-corrected chi connectivity index (χ0v) is 14.6. The highest BCUT2D eigenvalue weighted by Crippen LogP contribution is 2.30. The van der Waals surface area contributed by atoms with E-state index in [9.17, 15) is 18.0 Å². The molecule has 0 aromatic heterocycles. The predicted octanol–water partition coefficient (Wildman–Crippen LogP) is 4.02. The molecule has 0 saturated heterocycles. The Morgan fingerprint density at radius 3 is 2.29 bits per heavy atom. The number of rotatable bonds is 3. The number of alkyl halides is 3. The summed E-state index contributed by atoms with van der Waals surface area (Å²) in [6.45, 7) is 6.49. The fraction of sp³-hybridized carbons (Fsp3) is 0.375. The van der Waals surface area contributed by atoms with E-state index in [0.29, 0.717) is 0 Å². The smallest absolute Gasteiger partial charge is 0.416 e. The zero-order valence-electron chi connectivity index (χ0n) is 13.7. The Bertz CT molecular complexity index is 673. The third kappa shape index (κ3) is 5.84. The van der Waals surface area contributed by atoms with Crippen molar-refractivity contribution in [3.63, 3.8) is 0 Å².